The summed E-state index contributed by atoms with van der Waals surface area (Å²) in [6.45, 7) is 7.16. The van der Waals surface area contributed by atoms with Crippen LogP contribution in [0.2, 0.25) is 0 Å². The van der Waals surface area contributed by atoms with Crippen LogP contribution in [0.25, 0.3) is 0 Å². The van der Waals surface area contributed by atoms with E-state index in [1.807, 2.05) is 12.3 Å². The highest BCUT2D eigenvalue weighted by molar-refractivity contribution is 7.09. The number of aryl methyl sites for hydroxylation is 1. The van der Waals surface area contributed by atoms with Crippen LogP contribution in [0.5, 0.6) is 0 Å². The van der Waals surface area contributed by atoms with Gasteiger partial charge in [-0.25, -0.2) is 4.98 Å². The average molecular weight is 255 g/mol. The van der Waals surface area contributed by atoms with Gasteiger partial charge in [-0.15, -0.1) is 11.3 Å². The predicted octanol–water partition coefficient (Wildman–Crippen LogP) is 1.85. The van der Waals surface area contributed by atoms with Gasteiger partial charge in [0.15, 0.2) is 0 Å². The Kier molecular flexibility index (Phi) is 6.15. The van der Waals surface area contributed by atoms with Crippen molar-refractivity contribution in [2.45, 2.75) is 46.2 Å². The van der Waals surface area contributed by atoms with E-state index in [4.69, 9.17) is 0 Å². The molecule has 0 aliphatic heterocycles. The molecule has 0 aliphatic carbocycles. The Morgan fingerprint density at radius 3 is 2.71 bits per heavy atom. The van der Waals surface area contributed by atoms with E-state index in [1.54, 1.807) is 11.3 Å². The molecule has 2 N–H and O–H groups in total. The van der Waals surface area contributed by atoms with E-state index in [0.29, 0.717) is 19.1 Å². The van der Waals surface area contributed by atoms with Crippen LogP contribution in [-0.2, 0) is 11.3 Å². The van der Waals surface area contributed by atoms with Crippen molar-refractivity contribution >= 4 is 17.2 Å². The third kappa shape index (κ3) is 5.28. The summed E-state index contributed by atoms with van der Waals surface area (Å²) in [5.74, 6) is 0.0620. The molecule has 1 heterocycles. The highest BCUT2D eigenvalue weighted by Gasteiger charge is 2.07. The van der Waals surface area contributed by atoms with Gasteiger partial charge < -0.3 is 10.6 Å². The maximum absolute atomic E-state index is 11.6. The van der Waals surface area contributed by atoms with Gasteiger partial charge in [-0.1, -0.05) is 13.8 Å². The third-order valence-electron chi connectivity index (χ3n) is 2.58. The minimum absolute atomic E-state index is 0.0620. The van der Waals surface area contributed by atoms with Gasteiger partial charge in [-0.05, 0) is 19.8 Å². The Morgan fingerprint density at radius 2 is 2.18 bits per heavy atom. The van der Waals surface area contributed by atoms with Crippen LogP contribution in [0.4, 0.5) is 0 Å². The zero-order valence-electron chi connectivity index (χ0n) is 10.7. The number of hydrogen-bond donors (Lipinski definition) is 2. The van der Waals surface area contributed by atoms with Crippen molar-refractivity contribution in [3.8, 4) is 0 Å². The number of carbonyl (C=O) groups excluding carboxylic acids is 1. The molecule has 0 unspecified atom stereocenters. The number of aromatic nitrogens is 1. The zero-order valence-corrected chi connectivity index (χ0v) is 11.6. The van der Waals surface area contributed by atoms with Gasteiger partial charge in [0.2, 0.25) is 5.91 Å². The highest BCUT2D eigenvalue weighted by Crippen LogP contribution is 2.07. The van der Waals surface area contributed by atoms with E-state index in [2.05, 4.69) is 29.5 Å². The molecule has 0 saturated carbocycles. The van der Waals surface area contributed by atoms with Crippen LogP contribution in [0, 0.1) is 6.92 Å². The minimum Gasteiger partial charge on any atom is -0.352 e. The van der Waals surface area contributed by atoms with Crippen LogP contribution in [0.15, 0.2) is 5.38 Å². The molecule has 0 bridgehead atoms. The van der Waals surface area contributed by atoms with Crippen molar-refractivity contribution < 1.29 is 4.79 Å². The smallest absolute Gasteiger partial charge is 0.234 e. The van der Waals surface area contributed by atoms with E-state index in [1.165, 1.54) is 0 Å². The van der Waals surface area contributed by atoms with Gasteiger partial charge in [0.25, 0.3) is 0 Å². The monoisotopic (exact) mass is 255 g/mol. The van der Waals surface area contributed by atoms with Crippen molar-refractivity contribution in [1.82, 2.24) is 15.6 Å². The molecule has 0 radical (unpaired) electrons. The second-order valence-electron chi connectivity index (χ2n) is 4.07. The Bertz CT molecular complexity index is 347. The number of rotatable bonds is 7. The van der Waals surface area contributed by atoms with Crippen LogP contribution in [0.1, 0.15) is 37.4 Å². The Morgan fingerprint density at radius 1 is 1.47 bits per heavy atom. The quantitative estimate of drug-likeness (QED) is 0.782. The molecule has 0 aromatic carbocycles. The fourth-order valence-electron chi connectivity index (χ4n) is 1.54. The molecular formula is C12H21N3OS. The lowest BCUT2D eigenvalue weighted by Crippen LogP contribution is -2.39. The summed E-state index contributed by atoms with van der Waals surface area (Å²) in [6, 6.07) is 0.298. The van der Waals surface area contributed by atoms with Crippen LogP contribution < -0.4 is 10.6 Å². The SMILES string of the molecule is CCC(CC)NC(=O)CNCc1nc(C)cs1. The lowest BCUT2D eigenvalue weighted by atomic mass is 10.2. The molecule has 1 aromatic heterocycles. The fraction of sp³-hybridized carbons (Fsp3) is 0.667. The molecule has 1 rings (SSSR count). The van der Waals surface area contributed by atoms with Crippen molar-refractivity contribution in [1.29, 1.82) is 0 Å². The first-order chi connectivity index (χ1) is 8.15. The standard InChI is InChI=1S/C12H21N3OS/c1-4-10(5-2)15-11(16)6-13-7-12-14-9(3)8-17-12/h8,10,13H,4-7H2,1-3H3,(H,15,16). The number of carbonyl (C=O) groups is 1. The molecule has 0 aliphatic rings. The van der Waals surface area contributed by atoms with Crippen molar-refractivity contribution in [3.63, 3.8) is 0 Å². The largest absolute Gasteiger partial charge is 0.352 e. The summed E-state index contributed by atoms with van der Waals surface area (Å²) >= 11 is 1.62. The third-order valence-corrected chi connectivity index (χ3v) is 3.55. The van der Waals surface area contributed by atoms with Gasteiger partial charge in [-0.2, -0.15) is 0 Å². The lowest BCUT2D eigenvalue weighted by Gasteiger charge is -2.14. The molecule has 4 nitrogen and oxygen atoms in total. The zero-order chi connectivity index (χ0) is 12.7. The Hall–Kier alpha value is -0.940. The lowest BCUT2D eigenvalue weighted by molar-refractivity contribution is -0.121. The van der Waals surface area contributed by atoms with Gasteiger partial charge in [0, 0.05) is 23.7 Å². The van der Waals surface area contributed by atoms with Crippen LogP contribution in [0.3, 0.4) is 0 Å². The van der Waals surface area contributed by atoms with Gasteiger partial charge in [-0.3, -0.25) is 4.79 Å². The number of nitrogens with one attached hydrogen (secondary N) is 2. The van der Waals surface area contributed by atoms with Crippen molar-refractivity contribution in [3.05, 3.63) is 16.1 Å². The first-order valence-electron chi connectivity index (χ1n) is 6.06. The first-order valence-corrected chi connectivity index (χ1v) is 6.94. The number of nitrogens with zero attached hydrogens (tertiary/aromatic N) is 1. The molecule has 0 fully saturated rings. The maximum Gasteiger partial charge on any atom is 0.234 e. The normalized spacial score (nSPS) is 10.8. The average Bonchev–Trinajstić information content (AvgIpc) is 2.72. The molecular weight excluding hydrogens is 234 g/mol. The summed E-state index contributed by atoms with van der Waals surface area (Å²) in [5, 5.41) is 9.13. The fourth-order valence-corrected chi connectivity index (χ4v) is 2.28. The van der Waals surface area contributed by atoms with E-state index in [0.717, 1.165) is 23.5 Å². The summed E-state index contributed by atoms with van der Waals surface area (Å²) in [5.41, 5.74) is 1.04. The predicted molar refractivity (Wildman–Crippen MR) is 71.1 cm³/mol. The first kappa shape index (κ1) is 14.1. The Balaban J connectivity index is 2.20. The topological polar surface area (TPSA) is 54.0 Å². The Labute approximate surface area is 107 Å². The number of hydrogen-bond acceptors (Lipinski definition) is 4. The van der Waals surface area contributed by atoms with Gasteiger partial charge in [0.05, 0.1) is 6.54 Å². The molecule has 0 atom stereocenters. The summed E-state index contributed by atoms with van der Waals surface area (Å²) in [4.78, 5) is 15.9. The van der Waals surface area contributed by atoms with E-state index in [9.17, 15) is 4.79 Å². The second-order valence-corrected chi connectivity index (χ2v) is 5.01. The van der Waals surface area contributed by atoms with E-state index < -0.39 is 0 Å². The minimum atomic E-state index is 0.0620. The maximum atomic E-state index is 11.6. The second kappa shape index (κ2) is 7.40. The molecule has 0 spiro atoms. The summed E-state index contributed by atoms with van der Waals surface area (Å²) < 4.78 is 0. The van der Waals surface area contributed by atoms with Crippen LogP contribution >= 0.6 is 11.3 Å². The van der Waals surface area contributed by atoms with Crippen LogP contribution in [-0.4, -0.2) is 23.5 Å². The van der Waals surface area contributed by atoms with E-state index in [-0.39, 0.29) is 5.91 Å². The molecule has 5 heteroatoms. The molecule has 17 heavy (non-hydrogen) atoms. The van der Waals surface area contributed by atoms with Crippen molar-refractivity contribution in [2.75, 3.05) is 6.54 Å². The van der Waals surface area contributed by atoms with Crippen molar-refractivity contribution in [2.24, 2.45) is 0 Å². The highest BCUT2D eigenvalue weighted by atomic mass is 32.1. The molecule has 0 saturated heterocycles. The molecule has 1 aromatic rings. The number of thiazole rings is 1. The van der Waals surface area contributed by atoms with E-state index >= 15 is 0 Å². The molecule has 96 valence electrons. The summed E-state index contributed by atoms with van der Waals surface area (Å²) in [6.07, 6.45) is 1.96. The summed E-state index contributed by atoms with van der Waals surface area (Å²) in [7, 11) is 0. The van der Waals surface area contributed by atoms with Gasteiger partial charge >= 0.3 is 0 Å². The molecule has 1 amide bonds. The number of amides is 1. The van der Waals surface area contributed by atoms with Gasteiger partial charge in [0.1, 0.15) is 5.01 Å².